The normalized spacial score (nSPS) is 12.2. The van der Waals surface area contributed by atoms with Crippen LogP contribution in [0.4, 0.5) is 5.69 Å². The molecule has 1 rings (SSSR count). The van der Waals surface area contributed by atoms with Crippen LogP contribution >= 0.6 is 0 Å². The highest BCUT2D eigenvalue weighted by Crippen LogP contribution is 2.13. The lowest BCUT2D eigenvalue weighted by molar-refractivity contribution is -0.138. The molecule has 1 amide bonds. The number of carbonyl (C=O) groups is 2. The third-order valence-corrected chi connectivity index (χ3v) is 3.27. The molecular weight excluding hydrogens is 256 g/mol. The van der Waals surface area contributed by atoms with Crippen LogP contribution in [-0.2, 0) is 9.59 Å². The number of aliphatic carboxylic acids is 1. The second-order valence-corrected chi connectivity index (χ2v) is 4.87. The minimum atomic E-state index is -0.852. The first-order valence-corrected chi connectivity index (χ1v) is 6.75. The summed E-state index contributed by atoms with van der Waals surface area (Å²) in [7, 11) is 0. The summed E-state index contributed by atoms with van der Waals surface area (Å²) in [5.74, 6) is -0.978. The molecule has 5 nitrogen and oxygen atoms in total. The fraction of sp³-hybridized carbons (Fsp3) is 0.467. The summed E-state index contributed by atoms with van der Waals surface area (Å²) in [4.78, 5) is 24.6. The van der Waals surface area contributed by atoms with Gasteiger partial charge in [-0.05, 0) is 32.0 Å². The Morgan fingerprint density at radius 3 is 2.55 bits per heavy atom. The van der Waals surface area contributed by atoms with Gasteiger partial charge in [0, 0.05) is 11.7 Å². The van der Waals surface area contributed by atoms with Crippen LogP contribution in [0.15, 0.2) is 24.3 Å². The zero-order valence-electron chi connectivity index (χ0n) is 12.2. The monoisotopic (exact) mass is 278 g/mol. The first kappa shape index (κ1) is 16.2. The maximum absolute atomic E-state index is 12.0. The number of benzene rings is 1. The van der Waals surface area contributed by atoms with E-state index in [4.69, 9.17) is 5.11 Å². The molecule has 1 unspecified atom stereocenters. The summed E-state index contributed by atoms with van der Waals surface area (Å²) in [6.45, 7) is 6.49. The molecule has 0 radical (unpaired) electrons. The third-order valence-electron chi connectivity index (χ3n) is 3.27. The zero-order valence-corrected chi connectivity index (χ0v) is 12.2. The second-order valence-electron chi connectivity index (χ2n) is 4.87. The molecule has 5 heteroatoms. The first-order valence-electron chi connectivity index (χ1n) is 6.75. The number of carbonyl (C=O) groups excluding carboxylic acids is 1. The lowest BCUT2D eigenvalue weighted by Gasteiger charge is -2.26. The highest BCUT2D eigenvalue weighted by atomic mass is 16.4. The SMILES string of the molecule is CCN(CC(=O)Nc1ccccc1C)C(C)CC(=O)O. The number of likely N-dealkylation sites (N-methyl/N-ethyl adjacent to an activating group) is 1. The minimum Gasteiger partial charge on any atom is -0.481 e. The molecular formula is C15H22N2O3. The van der Waals surface area contributed by atoms with E-state index < -0.39 is 5.97 Å². The fourth-order valence-electron chi connectivity index (χ4n) is 2.05. The van der Waals surface area contributed by atoms with Crippen molar-refractivity contribution < 1.29 is 14.7 Å². The molecule has 0 bridgehead atoms. The van der Waals surface area contributed by atoms with Gasteiger partial charge in [-0.2, -0.15) is 0 Å². The number of carboxylic acids is 1. The van der Waals surface area contributed by atoms with Gasteiger partial charge in [0.05, 0.1) is 13.0 Å². The van der Waals surface area contributed by atoms with Crippen LogP contribution in [0.2, 0.25) is 0 Å². The fourth-order valence-corrected chi connectivity index (χ4v) is 2.05. The molecule has 0 aromatic heterocycles. The average Bonchev–Trinajstić information content (AvgIpc) is 2.37. The van der Waals surface area contributed by atoms with Gasteiger partial charge >= 0.3 is 5.97 Å². The summed E-state index contributed by atoms with van der Waals surface area (Å²) in [6.07, 6.45) is 0.0332. The minimum absolute atomic E-state index is 0.0332. The Morgan fingerprint density at radius 2 is 2.00 bits per heavy atom. The summed E-state index contributed by atoms with van der Waals surface area (Å²) < 4.78 is 0. The van der Waals surface area contributed by atoms with Crippen molar-refractivity contribution in [1.29, 1.82) is 0 Å². The van der Waals surface area contributed by atoms with Crippen LogP contribution in [0.3, 0.4) is 0 Å². The molecule has 0 aliphatic heterocycles. The van der Waals surface area contributed by atoms with Gasteiger partial charge in [0.1, 0.15) is 0 Å². The van der Waals surface area contributed by atoms with Crippen molar-refractivity contribution in [2.75, 3.05) is 18.4 Å². The van der Waals surface area contributed by atoms with E-state index in [2.05, 4.69) is 5.32 Å². The Hall–Kier alpha value is -1.88. The van der Waals surface area contributed by atoms with Gasteiger partial charge in [0.15, 0.2) is 0 Å². The molecule has 0 aliphatic carbocycles. The number of carboxylic acid groups (broad SMARTS) is 1. The highest BCUT2D eigenvalue weighted by molar-refractivity contribution is 5.93. The Kier molecular flexibility index (Phi) is 6.18. The van der Waals surface area contributed by atoms with Crippen molar-refractivity contribution in [3.63, 3.8) is 0 Å². The van der Waals surface area contributed by atoms with Gasteiger partial charge in [-0.15, -0.1) is 0 Å². The molecule has 0 saturated carbocycles. The predicted molar refractivity (Wildman–Crippen MR) is 78.8 cm³/mol. The number of nitrogens with zero attached hydrogens (tertiary/aromatic N) is 1. The van der Waals surface area contributed by atoms with Crippen LogP contribution in [0, 0.1) is 6.92 Å². The number of para-hydroxylation sites is 1. The first-order chi connectivity index (χ1) is 9.43. The maximum atomic E-state index is 12.0. The maximum Gasteiger partial charge on any atom is 0.304 e. The van der Waals surface area contributed by atoms with Crippen LogP contribution in [0.25, 0.3) is 0 Å². The summed E-state index contributed by atoms with van der Waals surface area (Å²) >= 11 is 0. The number of anilines is 1. The van der Waals surface area contributed by atoms with Gasteiger partial charge in [0.25, 0.3) is 0 Å². The molecule has 1 aromatic rings. The topological polar surface area (TPSA) is 69.6 Å². The molecule has 0 fully saturated rings. The van der Waals surface area contributed by atoms with E-state index in [0.717, 1.165) is 11.3 Å². The highest BCUT2D eigenvalue weighted by Gasteiger charge is 2.18. The van der Waals surface area contributed by atoms with Gasteiger partial charge in [-0.25, -0.2) is 0 Å². The molecule has 1 atom stereocenters. The van der Waals surface area contributed by atoms with E-state index in [0.29, 0.717) is 6.54 Å². The zero-order chi connectivity index (χ0) is 15.1. The third kappa shape index (κ3) is 5.01. The van der Waals surface area contributed by atoms with E-state index >= 15 is 0 Å². The van der Waals surface area contributed by atoms with Crippen molar-refractivity contribution in [2.45, 2.75) is 33.2 Å². The largest absolute Gasteiger partial charge is 0.481 e. The van der Waals surface area contributed by atoms with Crippen molar-refractivity contribution in [3.05, 3.63) is 29.8 Å². The van der Waals surface area contributed by atoms with Crippen molar-refractivity contribution >= 4 is 17.6 Å². The Labute approximate surface area is 119 Å². The molecule has 0 heterocycles. The molecule has 2 N–H and O–H groups in total. The molecule has 0 saturated heterocycles. The molecule has 110 valence electrons. The summed E-state index contributed by atoms with van der Waals surface area (Å²) in [5, 5.41) is 11.7. The van der Waals surface area contributed by atoms with Crippen LogP contribution in [-0.4, -0.2) is 41.0 Å². The van der Waals surface area contributed by atoms with Crippen molar-refractivity contribution in [3.8, 4) is 0 Å². The van der Waals surface area contributed by atoms with E-state index in [1.807, 2.05) is 49.9 Å². The molecule has 0 aliphatic rings. The molecule has 0 spiro atoms. The van der Waals surface area contributed by atoms with Crippen LogP contribution in [0.1, 0.15) is 25.8 Å². The van der Waals surface area contributed by atoms with Crippen molar-refractivity contribution in [1.82, 2.24) is 4.90 Å². The van der Waals surface area contributed by atoms with Gasteiger partial charge in [-0.1, -0.05) is 25.1 Å². The van der Waals surface area contributed by atoms with Gasteiger partial charge < -0.3 is 10.4 Å². The number of rotatable bonds is 7. The van der Waals surface area contributed by atoms with E-state index in [9.17, 15) is 9.59 Å². The summed E-state index contributed by atoms with van der Waals surface area (Å²) in [6, 6.07) is 7.40. The Balaban J connectivity index is 2.59. The van der Waals surface area contributed by atoms with Gasteiger partial charge in [-0.3, -0.25) is 14.5 Å². The number of aryl methyl sites for hydroxylation is 1. The van der Waals surface area contributed by atoms with E-state index in [1.165, 1.54) is 0 Å². The second kappa shape index (κ2) is 7.65. The lowest BCUT2D eigenvalue weighted by Crippen LogP contribution is -2.40. The molecule has 1 aromatic carbocycles. The Morgan fingerprint density at radius 1 is 1.35 bits per heavy atom. The number of amides is 1. The number of nitrogens with one attached hydrogen (secondary N) is 1. The average molecular weight is 278 g/mol. The van der Waals surface area contributed by atoms with Crippen LogP contribution < -0.4 is 5.32 Å². The van der Waals surface area contributed by atoms with Crippen molar-refractivity contribution in [2.24, 2.45) is 0 Å². The smallest absolute Gasteiger partial charge is 0.304 e. The number of hydrogen-bond donors (Lipinski definition) is 2. The molecule has 20 heavy (non-hydrogen) atoms. The van der Waals surface area contributed by atoms with Crippen LogP contribution in [0.5, 0.6) is 0 Å². The van der Waals surface area contributed by atoms with E-state index in [1.54, 1.807) is 0 Å². The Bertz CT molecular complexity index is 474. The summed E-state index contributed by atoms with van der Waals surface area (Å²) in [5.41, 5.74) is 1.79. The van der Waals surface area contributed by atoms with Gasteiger partial charge in [0.2, 0.25) is 5.91 Å². The predicted octanol–water partition coefficient (Wildman–Crippen LogP) is 2.12. The van der Waals surface area contributed by atoms with E-state index in [-0.39, 0.29) is 24.9 Å². The number of hydrogen-bond acceptors (Lipinski definition) is 3. The lowest BCUT2D eigenvalue weighted by atomic mass is 10.2. The standard InChI is InChI=1S/C15H22N2O3/c1-4-17(12(3)9-15(19)20)10-14(18)16-13-8-6-5-7-11(13)2/h5-8,12H,4,9-10H2,1-3H3,(H,16,18)(H,19,20). The quantitative estimate of drug-likeness (QED) is 0.801.